The molecule has 1 aromatic heterocycles. The molecule has 1 heterocycles. The topological polar surface area (TPSA) is 147 Å². The second-order valence-electron chi connectivity index (χ2n) is 12.1. The summed E-state index contributed by atoms with van der Waals surface area (Å²) in [5.74, 6) is -1.39. The lowest BCUT2D eigenvalue weighted by Gasteiger charge is -2.24. The zero-order valence-corrected chi connectivity index (χ0v) is 28.0. The zero-order valence-electron chi connectivity index (χ0n) is 28.0. The second kappa shape index (κ2) is 16.6. The molecule has 0 radical (unpaired) electrons. The average Bonchev–Trinajstić information content (AvgIpc) is 3.54. The Balaban J connectivity index is 1.43. The number of aromatic nitrogens is 3. The first kappa shape index (κ1) is 34.9. The SMILES string of the molecule is CCCCCCCCCCCCN(C(=O)n1nnc2ccc(C(=O)O)cc21)c1cccc2c(O)c(C(=O)Nc3ccccc3OC)ccc12. The first-order chi connectivity index (χ1) is 23.8. The van der Waals surface area contributed by atoms with Crippen molar-refractivity contribution in [3.63, 3.8) is 0 Å². The number of carboxylic acids is 1. The van der Waals surface area contributed by atoms with Crippen LogP contribution in [0.15, 0.2) is 72.8 Å². The van der Waals surface area contributed by atoms with E-state index in [0.717, 1.165) is 30.4 Å². The largest absolute Gasteiger partial charge is 0.506 e. The third kappa shape index (κ3) is 8.17. The van der Waals surface area contributed by atoms with Gasteiger partial charge in [0.25, 0.3) is 5.91 Å². The number of carbonyl (C=O) groups is 3. The average molecular weight is 666 g/mol. The van der Waals surface area contributed by atoms with Crippen molar-refractivity contribution < 1.29 is 29.3 Å². The summed E-state index contributed by atoms with van der Waals surface area (Å²) in [6.45, 7) is 2.57. The zero-order chi connectivity index (χ0) is 34.8. The molecule has 0 aliphatic rings. The van der Waals surface area contributed by atoms with Crippen molar-refractivity contribution in [1.29, 1.82) is 0 Å². The Morgan fingerprint density at radius 2 is 1.55 bits per heavy atom. The van der Waals surface area contributed by atoms with E-state index in [1.54, 1.807) is 53.4 Å². The number of hydrogen-bond donors (Lipinski definition) is 3. The van der Waals surface area contributed by atoms with Crippen LogP contribution >= 0.6 is 0 Å². The highest BCUT2D eigenvalue weighted by Gasteiger charge is 2.25. The lowest BCUT2D eigenvalue weighted by Crippen LogP contribution is -2.36. The summed E-state index contributed by atoms with van der Waals surface area (Å²) in [5.41, 5.74) is 1.71. The minimum atomic E-state index is -1.13. The van der Waals surface area contributed by atoms with E-state index in [-0.39, 0.29) is 22.4 Å². The van der Waals surface area contributed by atoms with Gasteiger partial charge in [0.05, 0.1) is 29.6 Å². The van der Waals surface area contributed by atoms with Crippen LogP contribution in [0.25, 0.3) is 21.8 Å². The van der Waals surface area contributed by atoms with Gasteiger partial charge in [-0.2, -0.15) is 4.68 Å². The summed E-state index contributed by atoms with van der Waals surface area (Å²) in [5, 5.41) is 32.9. The molecule has 0 fully saturated rings. The highest BCUT2D eigenvalue weighted by molar-refractivity contribution is 6.13. The highest BCUT2D eigenvalue weighted by atomic mass is 16.5. The number of nitrogens with zero attached hydrogens (tertiary/aromatic N) is 4. The number of para-hydroxylation sites is 2. The Kier molecular flexibility index (Phi) is 11.8. The van der Waals surface area contributed by atoms with Crippen molar-refractivity contribution in [2.75, 3.05) is 23.9 Å². The predicted octanol–water partition coefficient (Wildman–Crippen LogP) is 8.64. The number of anilines is 2. The molecular weight excluding hydrogens is 622 g/mol. The van der Waals surface area contributed by atoms with Gasteiger partial charge in [-0.3, -0.25) is 9.69 Å². The van der Waals surface area contributed by atoms with E-state index in [0.29, 0.717) is 40.0 Å². The lowest BCUT2D eigenvalue weighted by atomic mass is 10.0. The predicted molar refractivity (Wildman–Crippen MR) is 191 cm³/mol. The summed E-state index contributed by atoms with van der Waals surface area (Å²) < 4.78 is 6.46. The van der Waals surface area contributed by atoms with Crippen LogP contribution in [0.5, 0.6) is 11.5 Å². The molecule has 5 aromatic rings. The van der Waals surface area contributed by atoms with Gasteiger partial charge in [0.2, 0.25) is 0 Å². The fourth-order valence-electron chi connectivity index (χ4n) is 6.07. The van der Waals surface area contributed by atoms with Gasteiger partial charge in [0, 0.05) is 17.3 Å². The third-order valence-electron chi connectivity index (χ3n) is 8.74. The number of fused-ring (bicyclic) bond motifs is 2. The molecule has 0 bridgehead atoms. The van der Waals surface area contributed by atoms with Crippen LogP contribution in [-0.2, 0) is 0 Å². The van der Waals surface area contributed by atoms with Gasteiger partial charge in [0.1, 0.15) is 22.5 Å². The summed E-state index contributed by atoms with van der Waals surface area (Å²) in [7, 11) is 1.51. The number of phenols is 1. The maximum atomic E-state index is 14.3. The van der Waals surface area contributed by atoms with Crippen LogP contribution in [0, 0.1) is 0 Å². The normalized spacial score (nSPS) is 11.1. The number of hydrogen-bond acceptors (Lipinski definition) is 7. The fourth-order valence-corrected chi connectivity index (χ4v) is 6.07. The summed E-state index contributed by atoms with van der Waals surface area (Å²) in [4.78, 5) is 40.8. The van der Waals surface area contributed by atoms with Crippen LogP contribution < -0.4 is 15.0 Å². The molecule has 3 N–H and O–H groups in total. The molecule has 11 heteroatoms. The number of aromatic hydroxyl groups is 1. The minimum Gasteiger partial charge on any atom is -0.506 e. The Bertz CT molecular complexity index is 1940. The monoisotopic (exact) mass is 665 g/mol. The Hall–Kier alpha value is -5.45. The van der Waals surface area contributed by atoms with Gasteiger partial charge in [-0.15, -0.1) is 5.10 Å². The van der Waals surface area contributed by atoms with Crippen molar-refractivity contribution in [3.05, 3.63) is 83.9 Å². The minimum absolute atomic E-state index is 0.0131. The summed E-state index contributed by atoms with van der Waals surface area (Å²) in [6.07, 6.45) is 11.3. The number of carboxylic acid groups (broad SMARTS) is 1. The Labute approximate surface area is 285 Å². The molecule has 2 amide bonds. The van der Waals surface area contributed by atoms with E-state index in [1.807, 2.05) is 0 Å². The van der Waals surface area contributed by atoms with Crippen molar-refractivity contribution in [1.82, 2.24) is 15.0 Å². The molecule has 11 nitrogen and oxygen atoms in total. The third-order valence-corrected chi connectivity index (χ3v) is 8.74. The number of aromatic carboxylic acids is 1. The first-order valence-corrected chi connectivity index (χ1v) is 16.9. The van der Waals surface area contributed by atoms with Crippen LogP contribution in [0.1, 0.15) is 91.8 Å². The number of amides is 2. The Morgan fingerprint density at radius 3 is 2.27 bits per heavy atom. The number of unbranched alkanes of at least 4 members (excludes halogenated alkanes) is 9. The van der Waals surface area contributed by atoms with E-state index in [4.69, 9.17) is 4.74 Å². The molecule has 0 aliphatic carbocycles. The van der Waals surface area contributed by atoms with Crippen LogP contribution in [0.3, 0.4) is 0 Å². The van der Waals surface area contributed by atoms with Gasteiger partial charge in [0.15, 0.2) is 0 Å². The fraction of sp³-hybridized carbons (Fsp3) is 0.342. The number of carbonyl (C=O) groups excluding carboxylic acids is 2. The first-order valence-electron chi connectivity index (χ1n) is 16.9. The molecule has 49 heavy (non-hydrogen) atoms. The van der Waals surface area contributed by atoms with Gasteiger partial charge < -0.3 is 20.3 Å². The maximum absolute atomic E-state index is 14.3. The van der Waals surface area contributed by atoms with Crippen molar-refractivity contribution in [3.8, 4) is 11.5 Å². The van der Waals surface area contributed by atoms with Crippen molar-refractivity contribution in [2.45, 2.75) is 71.1 Å². The van der Waals surface area contributed by atoms with E-state index in [2.05, 4.69) is 22.6 Å². The summed E-state index contributed by atoms with van der Waals surface area (Å²) >= 11 is 0. The van der Waals surface area contributed by atoms with Gasteiger partial charge in [-0.25, -0.2) is 9.59 Å². The molecule has 0 aliphatic heterocycles. The maximum Gasteiger partial charge on any atom is 0.351 e. The van der Waals surface area contributed by atoms with E-state index in [1.165, 1.54) is 69.9 Å². The number of ether oxygens (including phenoxy) is 1. The molecule has 256 valence electrons. The number of rotatable bonds is 16. The smallest absolute Gasteiger partial charge is 0.351 e. The molecule has 0 spiro atoms. The van der Waals surface area contributed by atoms with E-state index in [9.17, 15) is 24.6 Å². The molecular formula is C38H43N5O6. The number of benzene rings is 4. The van der Waals surface area contributed by atoms with Gasteiger partial charge >= 0.3 is 12.0 Å². The molecule has 0 saturated heterocycles. The number of phenolic OH excluding ortho intramolecular Hbond substituents is 1. The van der Waals surface area contributed by atoms with Gasteiger partial charge in [-0.05, 0) is 48.9 Å². The van der Waals surface area contributed by atoms with E-state index >= 15 is 0 Å². The Morgan fingerprint density at radius 1 is 0.837 bits per heavy atom. The summed E-state index contributed by atoms with van der Waals surface area (Å²) in [6, 6.07) is 19.3. The highest BCUT2D eigenvalue weighted by Crippen LogP contribution is 2.36. The standard InChI is InChI=1S/C38H43N5O6/c1-3-4-5-6-7-8-9-10-11-14-24-42(38(48)43-33-25-26(37(46)47)20-23-30(33)40-41-43)32-18-15-16-28-27(32)21-22-29(35(28)44)36(45)39-31-17-12-13-19-34(31)49-2/h12-13,15-23,25,44H,3-11,14,24H2,1-2H3,(H,39,45)(H,46,47). The molecule has 0 atom stereocenters. The number of nitrogens with one attached hydrogen (secondary N) is 1. The van der Waals surface area contributed by atoms with Crippen LogP contribution in [-0.4, -0.2) is 56.8 Å². The van der Waals surface area contributed by atoms with E-state index < -0.39 is 17.9 Å². The second-order valence-corrected chi connectivity index (χ2v) is 12.1. The van der Waals surface area contributed by atoms with Crippen LogP contribution in [0.4, 0.5) is 16.2 Å². The molecule has 5 rings (SSSR count). The van der Waals surface area contributed by atoms with Crippen molar-refractivity contribution >= 4 is 51.1 Å². The lowest BCUT2D eigenvalue weighted by molar-refractivity contribution is 0.0696. The molecule has 4 aromatic carbocycles. The van der Waals surface area contributed by atoms with Crippen molar-refractivity contribution in [2.24, 2.45) is 0 Å². The van der Waals surface area contributed by atoms with Crippen LogP contribution in [0.2, 0.25) is 0 Å². The molecule has 0 unspecified atom stereocenters. The number of methoxy groups -OCH3 is 1. The molecule has 0 saturated carbocycles. The van der Waals surface area contributed by atoms with Gasteiger partial charge in [-0.1, -0.05) is 100 Å². The quantitative estimate of drug-likeness (QED) is 0.0888.